The maximum absolute atomic E-state index is 13.3. The van der Waals surface area contributed by atoms with Crippen LogP contribution in [0.3, 0.4) is 0 Å². The summed E-state index contributed by atoms with van der Waals surface area (Å²) < 4.78 is 15.0. The van der Waals surface area contributed by atoms with Crippen molar-refractivity contribution in [3.63, 3.8) is 0 Å². The van der Waals surface area contributed by atoms with E-state index in [4.69, 9.17) is 5.73 Å². The molecular formula is C11H13FN4S. The van der Waals surface area contributed by atoms with Crippen LogP contribution >= 0.6 is 11.8 Å². The van der Waals surface area contributed by atoms with E-state index in [-0.39, 0.29) is 5.82 Å². The van der Waals surface area contributed by atoms with Crippen LogP contribution in [0.1, 0.15) is 5.69 Å². The first kappa shape index (κ1) is 11.9. The van der Waals surface area contributed by atoms with Crippen molar-refractivity contribution in [3.8, 4) is 0 Å². The number of rotatable bonds is 4. The lowest BCUT2D eigenvalue weighted by Crippen LogP contribution is -2.05. The van der Waals surface area contributed by atoms with Gasteiger partial charge in [0.15, 0.2) is 5.82 Å². The second kappa shape index (κ2) is 5.18. The number of hydrogen-bond acceptors (Lipinski definition) is 4. The minimum atomic E-state index is -0.188. The van der Waals surface area contributed by atoms with E-state index >= 15 is 0 Å². The summed E-state index contributed by atoms with van der Waals surface area (Å²) in [5.74, 6) is 0.984. The lowest BCUT2D eigenvalue weighted by atomic mass is 10.3. The zero-order chi connectivity index (χ0) is 12.3. The Kier molecular flexibility index (Phi) is 3.63. The van der Waals surface area contributed by atoms with Crippen LogP contribution in [-0.4, -0.2) is 20.7 Å². The number of nitrogens with zero attached hydrogens (tertiary/aromatic N) is 3. The van der Waals surface area contributed by atoms with Crippen LogP contribution in [0.5, 0.6) is 0 Å². The molecule has 0 bridgehead atoms. The molecule has 90 valence electrons. The molecule has 0 saturated carbocycles. The molecule has 1 aromatic carbocycles. The number of aryl methyl sites for hydroxylation is 1. The molecule has 4 nitrogen and oxygen atoms in total. The minimum Gasteiger partial charge on any atom is -0.381 e. The van der Waals surface area contributed by atoms with Crippen molar-refractivity contribution in [1.82, 2.24) is 15.0 Å². The summed E-state index contributed by atoms with van der Waals surface area (Å²) in [5, 5.41) is 7.67. The predicted octanol–water partition coefficient (Wildman–Crippen LogP) is 2.10. The summed E-state index contributed by atoms with van der Waals surface area (Å²) in [7, 11) is 0. The summed E-state index contributed by atoms with van der Waals surface area (Å²) in [6, 6.07) is 6.73. The zero-order valence-corrected chi connectivity index (χ0v) is 10.2. The van der Waals surface area contributed by atoms with Gasteiger partial charge in [-0.2, -0.15) is 0 Å². The van der Waals surface area contributed by atoms with Crippen LogP contribution in [0.2, 0.25) is 0 Å². The molecule has 0 atom stereocenters. The fourth-order valence-electron chi connectivity index (χ4n) is 1.39. The van der Waals surface area contributed by atoms with E-state index in [1.54, 1.807) is 16.8 Å². The lowest BCUT2D eigenvalue weighted by Gasteiger charge is -2.04. The largest absolute Gasteiger partial charge is 0.381 e. The summed E-state index contributed by atoms with van der Waals surface area (Å²) in [4.78, 5) is 0.651. The Morgan fingerprint density at radius 1 is 1.41 bits per heavy atom. The molecule has 0 fully saturated rings. The third-order valence-electron chi connectivity index (χ3n) is 2.42. The molecule has 0 amide bonds. The number of halogens is 1. The van der Waals surface area contributed by atoms with Gasteiger partial charge < -0.3 is 5.73 Å². The van der Waals surface area contributed by atoms with Crippen LogP contribution in [0.15, 0.2) is 29.2 Å². The molecule has 2 N–H and O–H groups in total. The van der Waals surface area contributed by atoms with Gasteiger partial charge in [-0.3, -0.25) is 0 Å². The highest BCUT2D eigenvalue weighted by atomic mass is 32.2. The van der Waals surface area contributed by atoms with E-state index in [2.05, 4.69) is 10.3 Å². The first-order valence-corrected chi connectivity index (χ1v) is 6.20. The molecule has 0 unspecified atom stereocenters. The van der Waals surface area contributed by atoms with Crippen LogP contribution < -0.4 is 5.73 Å². The molecule has 1 heterocycles. The van der Waals surface area contributed by atoms with E-state index in [0.717, 1.165) is 11.4 Å². The van der Waals surface area contributed by atoms with E-state index in [1.165, 1.54) is 17.8 Å². The van der Waals surface area contributed by atoms with Crippen molar-refractivity contribution < 1.29 is 4.39 Å². The number of hydrogen-bond donors (Lipinski definition) is 1. The quantitative estimate of drug-likeness (QED) is 0.847. The highest BCUT2D eigenvalue weighted by molar-refractivity contribution is 7.99. The molecule has 0 radical (unpaired) electrons. The van der Waals surface area contributed by atoms with Gasteiger partial charge in [0.1, 0.15) is 5.82 Å². The fourth-order valence-corrected chi connectivity index (χ4v) is 2.25. The Balaban J connectivity index is 1.92. The molecule has 6 heteroatoms. The third-order valence-corrected chi connectivity index (χ3v) is 3.44. The topological polar surface area (TPSA) is 56.7 Å². The van der Waals surface area contributed by atoms with Gasteiger partial charge in [-0.05, 0) is 19.1 Å². The van der Waals surface area contributed by atoms with E-state index in [0.29, 0.717) is 17.3 Å². The standard InChI is InChI=1S/C11H13FN4S/c1-8-11(13)14-15-16(8)6-7-17-10-5-3-2-4-9(10)12/h2-5H,6-7,13H2,1H3. The number of aromatic nitrogens is 3. The molecule has 2 rings (SSSR count). The zero-order valence-electron chi connectivity index (χ0n) is 9.43. The Hall–Kier alpha value is -1.56. The molecule has 0 saturated heterocycles. The van der Waals surface area contributed by atoms with E-state index < -0.39 is 0 Å². The number of thioether (sulfide) groups is 1. The van der Waals surface area contributed by atoms with Crippen molar-refractivity contribution in [3.05, 3.63) is 35.8 Å². The van der Waals surface area contributed by atoms with Crippen LogP contribution in [0.25, 0.3) is 0 Å². The first-order chi connectivity index (χ1) is 8.18. The van der Waals surface area contributed by atoms with Gasteiger partial charge in [0.2, 0.25) is 0 Å². The number of nitrogens with two attached hydrogens (primary N) is 1. The fraction of sp³-hybridized carbons (Fsp3) is 0.273. The van der Waals surface area contributed by atoms with Gasteiger partial charge in [0.25, 0.3) is 0 Å². The van der Waals surface area contributed by atoms with E-state index in [9.17, 15) is 4.39 Å². The number of benzene rings is 1. The molecule has 0 aliphatic carbocycles. The van der Waals surface area contributed by atoms with Crippen molar-refractivity contribution in [2.45, 2.75) is 18.4 Å². The highest BCUT2D eigenvalue weighted by Gasteiger charge is 2.05. The van der Waals surface area contributed by atoms with Crippen LogP contribution in [0, 0.1) is 12.7 Å². The summed E-state index contributed by atoms with van der Waals surface area (Å²) in [5.41, 5.74) is 6.43. The third kappa shape index (κ3) is 2.76. The maximum atomic E-state index is 13.3. The second-order valence-electron chi connectivity index (χ2n) is 3.56. The van der Waals surface area contributed by atoms with Crippen molar-refractivity contribution in [2.24, 2.45) is 0 Å². The number of anilines is 1. The smallest absolute Gasteiger partial charge is 0.168 e. The van der Waals surface area contributed by atoms with Gasteiger partial charge in [-0.1, -0.05) is 17.3 Å². The average Bonchev–Trinajstić information content (AvgIpc) is 2.63. The summed E-state index contributed by atoms with van der Waals surface area (Å²) >= 11 is 1.46. The normalized spacial score (nSPS) is 10.7. The summed E-state index contributed by atoms with van der Waals surface area (Å²) in [6.45, 7) is 2.53. The average molecular weight is 252 g/mol. The first-order valence-electron chi connectivity index (χ1n) is 5.21. The highest BCUT2D eigenvalue weighted by Crippen LogP contribution is 2.21. The minimum absolute atomic E-state index is 0.188. The predicted molar refractivity (Wildman–Crippen MR) is 66.3 cm³/mol. The maximum Gasteiger partial charge on any atom is 0.168 e. The molecule has 17 heavy (non-hydrogen) atoms. The second-order valence-corrected chi connectivity index (χ2v) is 4.70. The van der Waals surface area contributed by atoms with Gasteiger partial charge in [-0.25, -0.2) is 9.07 Å². The van der Waals surface area contributed by atoms with Gasteiger partial charge in [0.05, 0.1) is 12.2 Å². The molecule has 0 aliphatic heterocycles. The van der Waals surface area contributed by atoms with Crippen LogP contribution in [-0.2, 0) is 6.54 Å². The van der Waals surface area contributed by atoms with Gasteiger partial charge in [-0.15, -0.1) is 16.9 Å². The van der Waals surface area contributed by atoms with Crippen LogP contribution in [0.4, 0.5) is 10.2 Å². The Morgan fingerprint density at radius 2 is 2.18 bits per heavy atom. The Labute approximate surface area is 103 Å². The Bertz CT molecular complexity index is 512. The van der Waals surface area contributed by atoms with Gasteiger partial charge in [0, 0.05) is 10.6 Å². The SMILES string of the molecule is Cc1c(N)nnn1CCSc1ccccc1F. The van der Waals surface area contributed by atoms with E-state index in [1.807, 2.05) is 13.0 Å². The van der Waals surface area contributed by atoms with Crippen molar-refractivity contribution in [2.75, 3.05) is 11.5 Å². The molecule has 0 aliphatic rings. The molecule has 1 aromatic heterocycles. The lowest BCUT2D eigenvalue weighted by molar-refractivity contribution is 0.599. The summed E-state index contributed by atoms with van der Waals surface area (Å²) in [6.07, 6.45) is 0. The number of nitrogen functional groups attached to an aromatic ring is 1. The molecule has 0 spiro atoms. The Morgan fingerprint density at radius 3 is 2.82 bits per heavy atom. The monoisotopic (exact) mass is 252 g/mol. The molecular weight excluding hydrogens is 239 g/mol. The van der Waals surface area contributed by atoms with Gasteiger partial charge >= 0.3 is 0 Å². The van der Waals surface area contributed by atoms with Crippen molar-refractivity contribution >= 4 is 17.6 Å². The van der Waals surface area contributed by atoms with Crippen molar-refractivity contribution in [1.29, 1.82) is 0 Å². The molecule has 2 aromatic rings.